The van der Waals surface area contributed by atoms with Gasteiger partial charge in [-0.1, -0.05) is 13.2 Å². The molecule has 0 aliphatic rings. The maximum absolute atomic E-state index is 12.4. The maximum atomic E-state index is 12.4. The molecule has 1 N–H and O–H groups in total. The number of hydrogen-bond donors (Lipinski definition) is 1. The fourth-order valence-corrected chi connectivity index (χ4v) is 2.66. The lowest BCUT2D eigenvalue weighted by molar-refractivity contribution is -0.140. The van der Waals surface area contributed by atoms with Crippen molar-refractivity contribution in [3.05, 3.63) is 78.9 Å². The van der Waals surface area contributed by atoms with Crippen LogP contribution in [0.3, 0.4) is 0 Å². The van der Waals surface area contributed by atoms with Gasteiger partial charge in [-0.05, 0) is 61.4 Å². The smallest absolute Gasteiger partial charge is 0.343 e. The van der Waals surface area contributed by atoms with Crippen molar-refractivity contribution in [2.24, 2.45) is 0 Å². The van der Waals surface area contributed by atoms with Crippen LogP contribution in [0.2, 0.25) is 0 Å². The van der Waals surface area contributed by atoms with Gasteiger partial charge in [0.05, 0.1) is 44.2 Å². The van der Waals surface area contributed by atoms with E-state index in [4.69, 9.17) is 28.8 Å². The summed E-state index contributed by atoms with van der Waals surface area (Å²) in [7, 11) is 0. The number of ether oxygens (including phenoxy) is 5. The van der Waals surface area contributed by atoms with Crippen LogP contribution < -0.4 is 14.2 Å². The summed E-state index contributed by atoms with van der Waals surface area (Å²) in [5, 5.41) is 8.80. The molecular formula is C27H30O9. The first kappa shape index (κ1) is 28.1. The van der Waals surface area contributed by atoms with E-state index in [0.29, 0.717) is 55.5 Å². The van der Waals surface area contributed by atoms with E-state index in [-0.39, 0.29) is 12.2 Å². The minimum absolute atomic E-state index is 0.0000871. The molecule has 0 aromatic heterocycles. The monoisotopic (exact) mass is 498 g/mol. The molecule has 0 heterocycles. The van der Waals surface area contributed by atoms with E-state index in [9.17, 15) is 14.4 Å². The molecule has 0 bridgehead atoms. The van der Waals surface area contributed by atoms with Gasteiger partial charge in [-0.2, -0.15) is 0 Å². The number of carbonyl (C=O) groups excluding carboxylic acids is 3. The topological polar surface area (TPSA) is 118 Å². The number of aliphatic hydroxyl groups excluding tert-OH is 1. The van der Waals surface area contributed by atoms with Crippen molar-refractivity contribution < 1.29 is 43.2 Å². The van der Waals surface area contributed by atoms with E-state index in [0.717, 1.165) is 12.5 Å². The highest BCUT2D eigenvalue weighted by Crippen LogP contribution is 2.20. The summed E-state index contributed by atoms with van der Waals surface area (Å²) < 4.78 is 26.4. The van der Waals surface area contributed by atoms with Crippen LogP contribution in [-0.2, 0) is 19.1 Å². The number of carbonyl (C=O) groups is 3. The quantitative estimate of drug-likeness (QED) is 0.160. The highest BCUT2D eigenvalue weighted by Gasteiger charge is 2.10. The Balaban J connectivity index is 1.67. The van der Waals surface area contributed by atoms with Gasteiger partial charge in [0.15, 0.2) is 0 Å². The highest BCUT2D eigenvalue weighted by molar-refractivity contribution is 5.91. The van der Waals surface area contributed by atoms with Crippen molar-refractivity contribution in [3.8, 4) is 17.2 Å². The van der Waals surface area contributed by atoms with Gasteiger partial charge in [0.1, 0.15) is 17.2 Å². The van der Waals surface area contributed by atoms with Crippen LogP contribution in [0.15, 0.2) is 73.3 Å². The predicted molar refractivity (Wildman–Crippen MR) is 131 cm³/mol. The Kier molecular flexibility index (Phi) is 12.3. The van der Waals surface area contributed by atoms with Crippen molar-refractivity contribution in [1.29, 1.82) is 0 Å². The van der Waals surface area contributed by atoms with E-state index in [1.54, 1.807) is 48.5 Å². The first-order chi connectivity index (χ1) is 17.4. The summed E-state index contributed by atoms with van der Waals surface area (Å²) >= 11 is 0. The van der Waals surface area contributed by atoms with E-state index < -0.39 is 24.5 Å². The van der Waals surface area contributed by atoms with Crippen molar-refractivity contribution in [2.75, 3.05) is 33.0 Å². The fourth-order valence-electron chi connectivity index (χ4n) is 2.66. The largest absolute Gasteiger partial charge is 0.494 e. The third kappa shape index (κ3) is 10.4. The van der Waals surface area contributed by atoms with Crippen molar-refractivity contribution >= 4 is 17.9 Å². The van der Waals surface area contributed by atoms with Gasteiger partial charge in [0.25, 0.3) is 0 Å². The Labute approximate surface area is 209 Å². The first-order valence-electron chi connectivity index (χ1n) is 11.4. The lowest BCUT2D eigenvalue weighted by atomic mass is 10.2. The number of hydrogen-bond acceptors (Lipinski definition) is 9. The molecule has 2 rings (SSSR count). The van der Waals surface area contributed by atoms with Crippen LogP contribution in [0.4, 0.5) is 0 Å². The molecule has 192 valence electrons. The molecule has 0 unspecified atom stereocenters. The molecular weight excluding hydrogens is 468 g/mol. The van der Waals surface area contributed by atoms with E-state index in [1.807, 2.05) is 0 Å². The molecule has 0 fully saturated rings. The third-order valence-electron chi connectivity index (χ3n) is 4.61. The number of benzene rings is 2. The predicted octanol–water partition coefficient (Wildman–Crippen LogP) is 3.65. The Morgan fingerprint density at radius 1 is 0.750 bits per heavy atom. The summed E-state index contributed by atoms with van der Waals surface area (Å²) in [6, 6.07) is 13.2. The average molecular weight is 499 g/mol. The van der Waals surface area contributed by atoms with Crippen LogP contribution in [0.5, 0.6) is 17.2 Å². The molecule has 0 saturated carbocycles. The minimum atomic E-state index is -0.636. The lowest BCUT2D eigenvalue weighted by Crippen LogP contribution is -2.12. The molecule has 0 atom stereocenters. The second kappa shape index (κ2) is 15.7. The molecule has 0 saturated heterocycles. The average Bonchev–Trinajstić information content (AvgIpc) is 2.90. The first-order valence-corrected chi connectivity index (χ1v) is 11.4. The second-order valence-electron chi connectivity index (χ2n) is 7.41. The molecule has 0 radical (unpaired) electrons. The Bertz CT molecular complexity index is 1010. The standard InChI is InChI=1S/C27H30O9/c1-3-25(29)34-16-5-4-15-32-23-11-13-24(14-12-23)36-27(31)21-7-9-22(10-8-21)33-17-6-18-35-26(30)20(2)19-28/h3,7-14,28H,1-2,4-6,15-19H2. The second-order valence-corrected chi connectivity index (χ2v) is 7.41. The lowest BCUT2D eigenvalue weighted by Gasteiger charge is -2.09. The molecule has 0 aliphatic carbocycles. The zero-order valence-corrected chi connectivity index (χ0v) is 20.0. The Morgan fingerprint density at radius 2 is 1.28 bits per heavy atom. The maximum Gasteiger partial charge on any atom is 0.343 e. The van der Waals surface area contributed by atoms with Gasteiger partial charge in [0, 0.05) is 12.5 Å². The molecule has 2 aromatic carbocycles. The summed E-state index contributed by atoms with van der Waals surface area (Å²) in [5.41, 5.74) is 0.358. The molecule has 36 heavy (non-hydrogen) atoms. The molecule has 0 spiro atoms. The van der Waals surface area contributed by atoms with E-state index >= 15 is 0 Å². The van der Waals surface area contributed by atoms with E-state index in [2.05, 4.69) is 13.2 Å². The number of unbranched alkanes of at least 4 members (excludes halogenated alkanes) is 1. The Morgan fingerprint density at radius 3 is 1.89 bits per heavy atom. The third-order valence-corrected chi connectivity index (χ3v) is 4.61. The zero-order valence-electron chi connectivity index (χ0n) is 20.0. The van der Waals surface area contributed by atoms with E-state index in [1.165, 1.54) is 0 Å². The summed E-state index contributed by atoms with van der Waals surface area (Å²) in [5.74, 6) is -0.0264. The normalized spacial score (nSPS) is 10.1. The van der Waals surface area contributed by atoms with Gasteiger partial charge in [-0.25, -0.2) is 14.4 Å². The van der Waals surface area contributed by atoms with Gasteiger partial charge >= 0.3 is 17.9 Å². The molecule has 0 amide bonds. The molecule has 9 heteroatoms. The zero-order chi connectivity index (χ0) is 26.2. The minimum Gasteiger partial charge on any atom is -0.494 e. The molecule has 0 aliphatic heterocycles. The van der Waals surface area contributed by atoms with Crippen molar-refractivity contribution in [1.82, 2.24) is 0 Å². The van der Waals surface area contributed by atoms with Crippen molar-refractivity contribution in [2.45, 2.75) is 19.3 Å². The molecule has 2 aromatic rings. The number of aliphatic hydroxyl groups is 1. The van der Waals surface area contributed by atoms with Crippen LogP contribution in [0, 0.1) is 0 Å². The van der Waals surface area contributed by atoms with Crippen LogP contribution in [0.25, 0.3) is 0 Å². The van der Waals surface area contributed by atoms with Gasteiger partial charge in [-0.15, -0.1) is 0 Å². The number of rotatable bonds is 16. The van der Waals surface area contributed by atoms with Crippen molar-refractivity contribution in [3.63, 3.8) is 0 Å². The van der Waals surface area contributed by atoms with Gasteiger partial charge in [-0.3, -0.25) is 0 Å². The van der Waals surface area contributed by atoms with Crippen LogP contribution >= 0.6 is 0 Å². The van der Waals surface area contributed by atoms with Gasteiger partial charge in [0.2, 0.25) is 0 Å². The summed E-state index contributed by atoms with van der Waals surface area (Å²) in [4.78, 5) is 34.7. The summed E-state index contributed by atoms with van der Waals surface area (Å²) in [6.45, 7) is 7.50. The van der Waals surface area contributed by atoms with Gasteiger partial charge < -0.3 is 28.8 Å². The number of esters is 3. The SMILES string of the molecule is C=CC(=O)OCCCCOc1ccc(OC(=O)c2ccc(OCCCOC(=O)C(=C)CO)cc2)cc1. The molecule has 9 nitrogen and oxygen atoms in total. The highest BCUT2D eigenvalue weighted by atomic mass is 16.5. The van der Waals surface area contributed by atoms with Crippen LogP contribution in [0.1, 0.15) is 29.6 Å². The fraction of sp³-hybridized carbons (Fsp3) is 0.296. The summed E-state index contributed by atoms with van der Waals surface area (Å²) in [6.07, 6.45) is 2.98. The Hall–Kier alpha value is -4.11. The van der Waals surface area contributed by atoms with Crippen LogP contribution in [-0.4, -0.2) is 56.0 Å².